The Bertz CT molecular complexity index is 833. The highest BCUT2D eigenvalue weighted by Gasteiger charge is 2.30. The number of thiophene rings is 1. The lowest BCUT2D eigenvalue weighted by molar-refractivity contribution is 0.0702. The van der Waals surface area contributed by atoms with Crippen LogP contribution in [0.4, 0.5) is 0 Å². The van der Waals surface area contributed by atoms with Gasteiger partial charge in [-0.3, -0.25) is 9.36 Å². The Kier molecular flexibility index (Phi) is 5.13. The molecule has 0 spiro atoms. The molecule has 1 aliphatic rings. The largest absolute Gasteiger partial charge is 0.345 e. The number of carbonyl (C=O) groups excluding carboxylic acids is 1. The van der Waals surface area contributed by atoms with Crippen LogP contribution in [0.1, 0.15) is 59.2 Å². The minimum Gasteiger partial charge on any atom is -0.338 e. The highest BCUT2D eigenvalue weighted by atomic mass is 32.1. The number of carbonyl (C=O) groups is 1. The van der Waals surface area contributed by atoms with Crippen LogP contribution < -0.4 is 5.69 Å². The molecule has 2 aromatic heterocycles. The smallest absolute Gasteiger partial charge is 0.338 e. The molecular formula is C18H26N4O2S. The van der Waals surface area contributed by atoms with Crippen molar-refractivity contribution in [2.45, 2.75) is 52.5 Å². The zero-order valence-electron chi connectivity index (χ0n) is 15.4. The zero-order valence-corrected chi connectivity index (χ0v) is 16.2. The van der Waals surface area contributed by atoms with Gasteiger partial charge in [-0.2, -0.15) is 5.10 Å². The zero-order chi connectivity index (χ0) is 18.1. The van der Waals surface area contributed by atoms with Gasteiger partial charge in [0, 0.05) is 42.9 Å². The summed E-state index contributed by atoms with van der Waals surface area (Å²) in [6.07, 6.45) is 2.78. The van der Waals surface area contributed by atoms with E-state index in [4.69, 9.17) is 0 Å². The molecule has 136 valence electrons. The van der Waals surface area contributed by atoms with Crippen molar-refractivity contribution >= 4 is 17.2 Å². The molecule has 1 fully saturated rings. The quantitative estimate of drug-likeness (QED) is 0.840. The molecule has 0 aromatic carbocycles. The Labute approximate surface area is 152 Å². The van der Waals surface area contributed by atoms with Gasteiger partial charge in [-0.15, -0.1) is 11.3 Å². The van der Waals surface area contributed by atoms with E-state index in [-0.39, 0.29) is 17.5 Å². The van der Waals surface area contributed by atoms with Gasteiger partial charge < -0.3 is 4.90 Å². The van der Waals surface area contributed by atoms with E-state index >= 15 is 0 Å². The van der Waals surface area contributed by atoms with Crippen molar-refractivity contribution in [1.82, 2.24) is 19.2 Å². The van der Waals surface area contributed by atoms with Crippen LogP contribution in [0.5, 0.6) is 0 Å². The van der Waals surface area contributed by atoms with E-state index in [1.54, 1.807) is 23.0 Å². The standard InChI is InChI=1S/C18H26N4O2S/c1-5-14-12(3)25-11-15(14)17(23)21-9-7-8-13(10-21)16-19-20(4)18(24)22(16)6-2/h11,13H,5-10H2,1-4H3. The van der Waals surface area contributed by atoms with E-state index < -0.39 is 0 Å². The summed E-state index contributed by atoms with van der Waals surface area (Å²) >= 11 is 1.65. The normalized spacial score (nSPS) is 17.9. The number of hydrogen-bond donors (Lipinski definition) is 0. The average Bonchev–Trinajstić information content (AvgIpc) is 3.14. The number of hydrogen-bond acceptors (Lipinski definition) is 4. The second-order valence-electron chi connectivity index (χ2n) is 6.64. The SMILES string of the molecule is CCc1c(C(=O)N2CCCC(c3nn(C)c(=O)n3CC)C2)csc1C. The van der Waals surface area contributed by atoms with Crippen LogP contribution >= 0.6 is 11.3 Å². The minimum absolute atomic E-state index is 0.0809. The topological polar surface area (TPSA) is 60.1 Å². The summed E-state index contributed by atoms with van der Waals surface area (Å²) in [5.74, 6) is 1.05. The molecule has 6 nitrogen and oxygen atoms in total. The molecular weight excluding hydrogens is 336 g/mol. The number of amides is 1. The molecule has 25 heavy (non-hydrogen) atoms. The first-order chi connectivity index (χ1) is 12.0. The lowest BCUT2D eigenvalue weighted by Crippen LogP contribution is -2.40. The minimum atomic E-state index is -0.0809. The van der Waals surface area contributed by atoms with E-state index in [1.807, 2.05) is 17.2 Å². The summed E-state index contributed by atoms with van der Waals surface area (Å²) in [7, 11) is 1.69. The molecule has 0 bridgehead atoms. The summed E-state index contributed by atoms with van der Waals surface area (Å²) < 4.78 is 3.13. The fraction of sp³-hybridized carbons (Fsp3) is 0.611. The molecule has 3 rings (SSSR count). The highest BCUT2D eigenvalue weighted by Crippen LogP contribution is 2.29. The van der Waals surface area contributed by atoms with Crippen LogP contribution in [0.25, 0.3) is 0 Å². The van der Waals surface area contributed by atoms with Crippen molar-refractivity contribution in [2.75, 3.05) is 13.1 Å². The van der Waals surface area contributed by atoms with E-state index in [0.29, 0.717) is 13.1 Å². The van der Waals surface area contributed by atoms with Gasteiger partial charge in [0.1, 0.15) is 5.82 Å². The summed E-state index contributed by atoms with van der Waals surface area (Å²) in [4.78, 5) is 28.4. The Morgan fingerprint density at radius 2 is 2.16 bits per heavy atom. The maximum atomic E-state index is 13.0. The van der Waals surface area contributed by atoms with Crippen molar-refractivity contribution in [1.29, 1.82) is 0 Å². The number of aromatic nitrogens is 3. The van der Waals surface area contributed by atoms with Crippen molar-refractivity contribution in [3.05, 3.63) is 37.7 Å². The molecule has 3 heterocycles. The third-order valence-corrected chi connectivity index (χ3v) is 6.07. The molecule has 1 amide bonds. The van der Waals surface area contributed by atoms with E-state index in [2.05, 4.69) is 18.9 Å². The number of likely N-dealkylation sites (tertiary alicyclic amines) is 1. The van der Waals surface area contributed by atoms with Crippen LogP contribution in [-0.4, -0.2) is 38.2 Å². The summed E-state index contributed by atoms with van der Waals surface area (Å²) in [6.45, 7) is 8.14. The monoisotopic (exact) mass is 362 g/mol. The van der Waals surface area contributed by atoms with E-state index in [9.17, 15) is 9.59 Å². The van der Waals surface area contributed by atoms with Crippen molar-refractivity contribution in [2.24, 2.45) is 7.05 Å². The van der Waals surface area contributed by atoms with Gasteiger partial charge >= 0.3 is 5.69 Å². The molecule has 1 aliphatic heterocycles. The van der Waals surface area contributed by atoms with Crippen molar-refractivity contribution < 1.29 is 4.79 Å². The Morgan fingerprint density at radius 3 is 2.84 bits per heavy atom. The first kappa shape index (κ1) is 17.9. The van der Waals surface area contributed by atoms with Gasteiger partial charge in [0.15, 0.2) is 0 Å². The van der Waals surface area contributed by atoms with Crippen LogP contribution in [0.2, 0.25) is 0 Å². The molecule has 0 N–H and O–H groups in total. The molecule has 2 aromatic rings. The molecule has 0 aliphatic carbocycles. The van der Waals surface area contributed by atoms with Gasteiger partial charge in [0.05, 0.1) is 5.56 Å². The number of rotatable bonds is 4. The third kappa shape index (κ3) is 3.17. The van der Waals surface area contributed by atoms with Crippen LogP contribution in [0.15, 0.2) is 10.2 Å². The molecule has 1 unspecified atom stereocenters. The molecule has 1 atom stereocenters. The first-order valence-electron chi connectivity index (χ1n) is 8.97. The number of nitrogens with zero attached hydrogens (tertiary/aromatic N) is 4. The van der Waals surface area contributed by atoms with E-state index in [1.165, 1.54) is 15.1 Å². The Balaban J connectivity index is 1.85. The van der Waals surface area contributed by atoms with Crippen LogP contribution in [0.3, 0.4) is 0 Å². The molecule has 0 radical (unpaired) electrons. The van der Waals surface area contributed by atoms with Crippen molar-refractivity contribution in [3.8, 4) is 0 Å². The summed E-state index contributed by atoms with van der Waals surface area (Å²) in [5.41, 5.74) is 1.93. The average molecular weight is 362 g/mol. The second kappa shape index (κ2) is 7.15. The molecule has 7 heteroatoms. The van der Waals surface area contributed by atoms with Crippen LogP contribution in [-0.2, 0) is 20.0 Å². The van der Waals surface area contributed by atoms with Crippen molar-refractivity contribution in [3.63, 3.8) is 0 Å². The van der Waals surface area contributed by atoms with E-state index in [0.717, 1.165) is 37.2 Å². The van der Waals surface area contributed by atoms with Gasteiger partial charge in [-0.1, -0.05) is 6.92 Å². The first-order valence-corrected chi connectivity index (χ1v) is 9.85. The highest BCUT2D eigenvalue weighted by molar-refractivity contribution is 7.10. The second-order valence-corrected chi connectivity index (χ2v) is 7.72. The van der Waals surface area contributed by atoms with Gasteiger partial charge in [-0.05, 0) is 38.7 Å². The summed E-state index contributed by atoms with van der Waals surface area (Å²) in [6, 6.07) is 0. The summed E-state index contributed by atoms with van der Waals surface area (Å²) in [5, 5.41) is 6.43. The lowest BCUT2D eigenvalue weighted by Gasteiger charge is -2.32. The molecule has 1 saturated heterocycles. The number of aryl methyl sites for hydroxylation is 2. The third-order valence-electron chi connectivity index (χ3n) is 5.11. The maximum Gasteiger partial charge on any atom is 0.345 e. The predicted octanol–water partition coefficient (Wildman–Crippen LogP) is 2.55. The fourth-order valence-corrected chi connectivity index (χ4v) is 4.70. The molecule has 0 saturated carbocycles. The van der Waals surface area contributed by atoms with Gasteiger partial charge in [-0.25, -0.2) is 9.48 Å². The number of piperidine rings is 1. The fourth-order valence-electron chi connectivity index (χ4n) is 3.76. The van der Waals surface area contributed by atoms with Crippen LogP contribution in [0, 0.1) is 6.92 Å². The van der Waals surface area contributed by atoms with Gasteiger partial charge in [0.2, 0.25) is 0 Å². The Morgan fingerprint density at radius 1 is 1.40 bits per heavy atom. The predicted molar refractivity (Wildman–Crippen MR) is 99.5 cm³/mol. The van der Waals surface area contributed by atoms with Gasteiger partial charge in [0.25, 0.3) is 5.91 Å². The Hall–Kier alpha value is -1.89. The lowest BCUT2D eigenvalue weighted by atomic mass is 9.96. The maximum absolute atomic E-state index is 13.0.